The van der Waals surface area contributed by atoms with E-state index in [2.05, 4.69) is 20.2 Å². The van der Waals surface area contributed by atoms with E-state index in [9.17, 15) is 4.79 Å². The van der Waals surface area contributed by atoms with Gasteiger partial charge in [-0.25, -0.2) is 4.98 Å². The van der Waals surface area contributed by atoms with Gasteiger partial charge in [-0.15, -0.1) is 11.3 Å². The Labute approximate surface area is 155 Å². The second kappa shape index (κ2) is 7.06. The number of hydrogen-bond donors (Lipinski definition) is 2. The van der Waals surface area contributed by atoms with Gasteiger partial charge in [-0.1, -0.05) is 17.7 Å². The minimum absolute atomic E-state index is 0.00878. The van der Waals surface area contributed by atoms with Crippen LogP contribution in [-0.2, 0) is 11.3 Å². The fraction of sp³-hybridized carbons (Fsp3) is 0.333. The smallest absolute Gasteiger partial charge is 0.225 e. The van der Waals surface area contributed by atoms with Crippen LogP contribution in [0, 0.1) is 5.92 Å². The molecule has 0 spiro atoms. The molecular formula is C18H19ClN4OS. The summed E-state index contributed by atoms with van der Waals surface area (Å²) in [5.74, 6) is 0.927. The third-order valence-electron chi connectivity index (χ3n) is 4.54. The van der Waals surface area contributed by atoms with Crippen LogP contribution in [0.1, 0.15) is 17.7 Å². The summed E-state index contributed by atoms with van der Waals surface area (Å²) in [5, 5.41) is 5.77. The van der Waals surface area contributed by atoms with Gasteiger partial charge >= 0.3 is 0 Å². The predicted molar refractivity (Wildman–Crippen MR) is 102 cm³/mol. The maximum Gasteiger partial charge on any atom is 0.225 e. The molecule has 1 aliphatic heterocycles. The molecule has 25 heavy (non-hydrogen) atoms. The number of H-pyrrole nitrogens is 1. The Kier molecular flexibility index (Phi) is 4.63. The van der Waals surface area contributed by atoms with Crippen molar-refractivity contribution in [2.75, 3.05) is 18.0 Å². The molecule has 1 fully saturated rings. The molecular weight excluding hydrogens is 356 g/mol. The van der Waals surface area contributed by atoms with Gasteiger partial charge in [0.2, 0.25) is 11.9 Å². The summed E-state index contributed by atoms with van der Waals surface area (Å²) in [5.41, 5.74) is 1.82. The van der Waals surface area contributed by atoms with Crippen LogP contribution in [0.15, 0.2) is 35.7 Å². The topological polar surface area (TPSA) is 61.0 Å². The summed E-state index contributed by atoms with van der Waals surface area (Å²) in [6.07, 6.45) is 1.90. The summed E-state index contributed by atoms with van der Waals surface area (Å²) >= 11 is 7.70. The first-order chi connectivity index (χ1) is 12.2. The van der Waals surface area contributed by atoms with Gasteiger partial charge in [0, 0.05) is 23.0 Å². The highest BCUT2D eigenvalue weighted by Crippen LogP contribution is 2.25. The standard InChI is InChI=1S/C18H19ClN4OS/c19-13-5-6-15-16(9-13)22-18(21-15)23-7-1-3-12(11-23)17(24)20-10-14-4-2-8-25-14/h2,4-6,8-9,12H,1,3,7,10-11H2,(H,20,24)(H,21,22)/t12-/m1/s1. The number of fused-ring (bicyclic) bond motifs is 1. The number of hydrogen-bond acceptors (Lipinski definition) is 4. The fourth-order valence-corrected chi connectivity index (χ4v) is 4.05. The summed E-state index contributed by atoms with van der Waals surface area (Å²) in [7, 11) is 0. The number of benzene rings is 1. The van der Waals surface area contributed by atoms with Gasteiger partial charge in [0.05, 0.1) is 23.5 Å². The Bertz CT molecular complexity index is 876. The third kappa shape index (κ3) is 3.65. The Balaban J connectivity index is 1.43. The zero-order valence-electron chi connectivity index (χ0n) is 13.7. The number of anilines is 1. The number of thiophene rings is 1. The van der Waals surface area contributed by atoms with Gasteiger partial charge < -0.3 is 15.2 Å². The highest BCUT2D eigenvalue weighted by Gasteiger charge is 2.27. The molecule has 3 aromatic rings. The zero-order chi connectivity index (χ0) is 17.2. The first-order valence-corrected chi connectivity index (χ1v) is 9.65. The van der Waals surface area contributed by atoms with E-state index < -0.39 is 0 Å². The van der Waals surface area contributed by atoms with Crippen LogP contribution in [0.5, 0.6) is 0 Å². The number of imidazole rings is 1. The van der Waals surface area contributed by atoms with Gasteiger partial charge in [-0.05, 0) is 42.5 Å². The Morgan fingerprint density at radius 2 is 2.36 bits per heavy atom. The first-order valence-electron chi connectivity index (χ1n) is 8.39. The van der Waals surface area contributed by atoms with Crippen molar-refractivity contribution >= 4 is 45.8 Å². The van der Waals surface area contributed by atoms with E-state index in [1.807, 2.05) is 35.7 Å². The third-order valence-corrected chi connectivity index (χ3v) is 5.65. The lowest BCUT2D eigenvalue weighted by Gasteiger charge is -2.31. The monoisotopic (exact) mass is 374 g/mol. The quantitative estimate of drug-likeness (QED) is 0.730. The van der Waals surface area contributed by atoms with Gasteiger partial charge in [0.25, 0.3) is 0 Å². The van der Waals surface area contributed by atoms with Crippen LogP contribution in [0.2, 0.25) is 5.02 Å². The first kappa shape index (κ1) is 16.4. The molecule has 5 nitrogen and oxygen atoms in total. The zero-order valence-corrected chi connectivity index (χ0v) is 15.2. The van der Waals surface area contributed by atoms with Gasteiger partial charge in [0.1, 0.15) is 0 Å². The Morgan fingerprint density at radius 1 is 1.44 bits per heavy atom. The average molecular weight is 375 g/mol. The van der Waals surface area contributed by atoms with Crippen LogP contribution in [0.4, 0.5) is 5.95 Å². The minimum Gasteiger partial charge on any atom is -0.351 e. The molecule has 2 aromatic heterocycles. The molecule has 1 amide bonds. The normalized spacial score (nSPS) is 17.8. The number of nitrogens with zero attached hydrogens (tertiary/aromatic N) is 2. The number of aromatic amines is 1. The largest absolute Gasteiger partial charge is 0.351 e. The number of carbonyl (C=O) groups is 1. The van der Waals surface area contributed by atoms with Crippen molar-refractivity contribution in [3.8, 4) is 0 Å². The molecule has 3 heterocycles. The molecule has 4 rings (SSSR count). The van der Waals surface area contributed by atoms with Crippen molar-refractivity contribution in [3.05, 3.63) is 45.6 Å². The molecule has 0 bridgehead atoms. The molecule has 0 radical (unpaired) electrons. The van der Waals surface area contributed by atoms with Crippen LogP contribution < -0.4 is 10.2 Å². The molecule has 130 valence electrons. The minimum atomic E-state index is -0.00878. The van der Waals surface area contributed by atoms with E-state index in [0.29, 0.717) is 18.1 Å². The molecule has 0 unspecified atom stereocenters. The molecule has 7 heteroatoms. The molecule has 1 aromatic carbocycles. The second-order valence-electron chi connectivity index (χ2n) is 6.30. The maximum atomic E-state index is 12.5. The number of halogens is 1. The molecule has 1 aliphatic rings. The lowest BCUT2D eigenvalue weighted by molar-refractivity contribution is -0.125. The van der Waals surface area contributed by atoms with Crippen LogP contribution in [0.25, 0.3) is 11.0 Å². The highest BCUT2D eigenvalue weighted by molar-refractivity contribution is 7.09. The number of amides is 1. The number of carbonyl (C=O) groups excluding carboxylic acids is 1. The molecule has 1 saturated heterocycles. The fourth-order valence-electron chi connectivity index (χ4n) is 3.23. The van der Waals surface area contributed by atoms with E-state index in [1.165, 1.54) is 4.88 Å². The molecule has 1 atom stereocenters. The molecule has 2 N–H and O–H groups in total. The van der Waals surface area contributed by atoms with E-state index in [4.69, 9.17) is 11.6 Å². The van der Waals surface area contributed by atoms with Crippen LogP contribution in [-0.4, -0.2) is 29.0 Å². The number of nitrogens with one attached hydrogen (secondary N) is 2. The van der Waals surface area contributed by atoms with Crippen molar-refractivity contribution in [1.82, 2.24) is 15.3 Å². The Hall–Kier alpha value is -2.05. The maximum absolute atomic E-state index is 12.5. The van der Waals surface area contributed by atoms with Crippen molar-refractivity contribution in [3.63, 3.8) is 0 Å². The Morgan fingerprint density at radius 3 is 3.20 bits per heavy atom. The summed E-state index contributed by atoms with van der Waals surface area (Å²) in [6.45, 7) is 2.20. The number of piperidine rings is 1. The predicted octanol–water partition coefficient (Wildman–Crippen LogP) is 3.81. The lowest BCUT2D eigenvalue weighted by Crippen LogP contribution is -2.43. The van der Waals surface area contributed by atoms with E-state index in [0.717, 1.165) is 36.4 Å². The summed E-state index contributed by atoms with van der Waals surface area (Å²) in [4.78, 5) is 23.8. The highest BCUT2D eigenvalue weighted by atomic mass is 35.5. The van der Waals surface area contributed by atoms with E-state index in [1.54, 1.807) is 11.3 Å². The number of aromatic nitrogens is 2. The molecule has 0 aliphatic carbocycles. The van der Waals surface area contributed by atoms with Gasteiger partial charge in [-0.3, -0.25) is 4.79 Å². The molecule has 0 saturated carbocycles. The number of rotatable bonds is 4. The van der Waals surface area contributed by atoms with Gasteiger partial charge in [-0.2, -0.15) is 0 Å². The van der Waals surface area contributed by atoms with Crippen LogP contribution >= 0.6 is 22.9 Å². The summed E-state index contributed by atoms with van der Waals surface area (Å²) < 4.78 is 0. The van der Waals surface area contributed by atoms with E-state index >= 15 is 0 Å². The second-order valence-corrected chi connectivity index (χ2v) is 7.77. The summed E-state index contributed by atoms with van der Waals surface area (Å²) in [6, 6.07) is 9.67. The van der Waals surface area contributed by atoms with Gasteiger partial charge in [0.15, 0.2) is 0 Å². The van der Waals surface area contributed by atoms with Crippen molar-refractivity contribution < 1.29 is 4.79 Å². The van der Waals surface area contributed by atoms with Crippen molar-refractivity contribution in [1.29, 1.82) is 0 Å². The van der Waals surface area contributed by atoms with E-state index in [-0.39, 0.29) is 11.8 Å². The van der Waals surface area contributed by atoms with Crippen LogP contribution in [0.3, 0.4) is 0 Å². The average Bonchev–Trinajstić information content (AvgIpc) is 3.28. The van der Waals surface area contributed by atoms with Crippen molar-refractivity contribution in [2.24, 2.45) is 5.92 Å². The SMILES string of the molecule is O=C(NCc1cccs1)[C@@H]1CCCN(c2nc3ccc(Cl)cc3[nH]2)C1. The van der Waals surface area contributed by atoms with Crippen molar-refractivity contribution in [2.45, 2.75) is 19.4 Å². The lowest BCUT2D eigenvalue weighted by atomic mass is 9.97.